The van der Waals surface area contributed by atoms with Gasteiger partial charge in [0.2, 0.25) is 17.8 Å². The van der Waals surface area contributed by atoms with Gasteiger partial charge in [-0.1, -0.05) is 0 Å². The first-order valence-electron chi connectivity index (χ1n) is 4.50. The Morgan fingerprint density at radius 3 is 0.760 bits per heavy atom. The van der Waals surface area contributed by atoms with E-state index >= 15 is 0 Å². The zero-order chi connectivity index (χ0) is 20.4. The van der Waals surface area contributed by atoms with Crippen molar-refractivity contribution in [1.82, 2.24) is 15.0 Å². The van der Waals surface area contributed by atoms with Crippen LogP contribution in [0.4, 0.5) is 17.8 Å². The molecule has 0 bridgehead atoms. The van der Waals surface area contributed by atoms with E-state index in [1.165, 1.54) is 0 Å². The summed E-state index contributed by atoms with van der Waals surface area (Å²) in [5.41, 5.74) is 15.4. The maximum Gasteiger partial charge on any atom is 3.00 e. The average Bonchev–Trinajstić information content (AvgIpc) is 2.04. The molecule has 0 atom stereocenters. The first-order valence-corrected chi connectivity index (χ1v) is 9.09. The van der Waals surface area contributed by atoms with Gasteiger partial charge in [-0.05, 0) is 0 Å². The van der Waals surface area contributed by atoms with E-state index in [-0.39, 0.29) is 35.2 Å². The van der Waals surface area contributed by atoms with Crippen LogP contribution < -0.4 is 31.9 Å². The number of nitrogens with two attached hydrogens (primary N) is 3. The van der Waals surface area contributed by atoms with Gasteiger partial charge in [0.25, 0.3) is 23.5 Å². The van der Waals surface area contributed by atoms with Gasteiger partial charge in [-0.3, -0.25) is 13.7 Å². The molecule has 0 saturated carbocycles. The van der Waals surface area contributed by atoms with Crippen LogP contribution in [0.3, 0.4) is 0 Å². The van der Waals surface area contributed by atoms with Crippen molar-refractivity contribution in [2.75, 3.05) is 17.2 Å². The fourth-order valence-electron chi connectivity index (χ4n) is 0.427. The second-order valence-electron chi connectivity index (χ2n) is 2.88. The van der Waals surface area contributed by atoms with Crippen molar-refractivity contribution in [3.05, 3.63) is 0 Å². The molecule has 12 N–H and O–H groups in total. The van der Waals surface area contributed by atoms with E-state index in [1.54, 1.807) is 0 Å². The topological polar surface area (TPSA) is 358 Å². The third kappa shape index (κ3) is 82.9. The first-order chi connectivity index (χ1) is 10.2. The molecule has 1 aromatic heterocycles. The monoisotopic (exact) mass is 444 g/mol. The Bertz CT molecular complexity index is 504. The molecular weight excluding hydrogens is 432 g/mol. The van der Waals surface area contributed by atoms with Gasteiger partial charge in [0.05, 0.1) is 0 Å². The van der Waals surface area contributed by atoms with E-state index in [0.717, 1.165) is 0 Å². The van der Waals surface area contributed by atoms with Crippen LogP contribution in [0.5, 0.6) is 0 Å². The largest absolute Gasteiger partial charge is 3.00 e. The minimum atomic E-state index is -4.89. The summed E-state index contributed by atoms with van der Waals surface area (Å²) in [6.45, 7) is 0. The first kappa shape index (κ1) is 32.0. The van der Waals surface area contributed by atoms with Gasteiger partial charge in [-0.25, -0.2) is 0 Å². The molecule has 0 unspecified atom stereocenters. The zero-order valence-electron chi connectivity index (χ0n) is 11.6. The summed E-state index contributed by atoms with van der Waals surface area (Å²) in [5.74, 6) is 0.125. The minimum absolute atomic E-state index is 0. The number of nitrogens with zero attached hydrogens (tertiary/aromatic N) is 3. The van der Waals surface area contributed by atoms with Crippen LogP contribution in [0.1, 0.15) is 0 Å². The van der Waals surface area contributed by atoms with Crippen LogP contribution in [-0.4, -0.2) is 61.7 Å². The van der Waals surface area contributed by atoms with Crippen LogP contribution in [0.25, 0.3) is 0 Å². The maximum absolute atomic E-state index is 8.77. The van der Waals surface area contributed by atoms with Crippen molar-refractivity contribution in [2.24, 2.45) is 0 Å². The average molecular weight is 444 g/mol. The second-order valence-corrected chi connectivity index (χ2v) is 5.83. The summed E-state index contributed by atoms with van der Waals surface area (Å²) in [5, 5.41) is 0. The zero-order valence-corrected chi connectivity index (χ0v) is 15.5. The van der Waals surface area contributed by atoms with Gasteiger partial charge >= 0.3 is 17.4 Å². The normalized spacial score (nSPS) is 10.4. The molecule has 0 aromatic carbocycles. The molecule has 25 heavy (non-hydrogen) atoms. The minimum Gasteiger partial charge on any atom is -0.756 e. The Morgan fingerprint density at radius 2 is 0.680 bits per heavy atom. The van der Waals surface area contributed by atoms with Crippen molar-refractivity contribution in [1.29, 1.82) is 0 Å². The third-order valence-electron chi connectivity index (χ3n) is 0.687. The number of anilines is 3. The Labute approximate surface area is 149 Å². The van der Waals surface area contributed by atoms with Crippen molar-refractivity contribution in [2.45, 2.75) is 0 Å². The molecular formula is C3H12AlN6O12P3. The van der Waals surface area contributed by atoms with Gasteiger partial charge in [0.15, 0.2) is 0 Å². The molecule has 22 heteroatoms. The molecule has 0 aliphatic heterocycles. The number of rotatable bonds is 0. The van der Waals surface area contributed by atoms with Crippen LogP contribution in [0, 0.1) is 0 Å². The number of aromatic nitrogens is 3. The smallest absolute Gasteiger partial charge is 0.756 e. The molecule has 1 aromatic rings. The predicted octanol–water partition coefficient (Wildman–Crippen LogP) is -6.44. The Hall–Kier alpha value is -0.728. The van der Waals surface area contributed by atoms with Crippen LogP contribution >= 0.6 is 23.5 Å². The Balaban J connectivity index is -0.000000122. The molecule has 1 heterocycles. The van der Waals surface area contributed by atoms with Crippen molar-refractivity contribution in [3.63, 3.8) is 0 Å². The summed E-state index contributed by atoms with van der Waals surface area (Å²) in [7, 11) is -14.7. The summed E-state index contributed by atoms with van der Waals surface area (Å²) < 4.78 is 26.3. The molecule has 0 aliphatic rings. The second kappa shape index (κ2) is 13.5. The molecule has 0 fully saturated rings. The summed E-state index contributed by atoms with van der Waals surface area (Å²) >= 11 is 0. The third-order valence-corrected chi connectivity index (χ3v) is 0.687. The molecule has 0 radical (unpaired) electrons. The number of hydrogen-bond donors (Lipinski definition) is 9. The number of hydrogen-bond acceptors (Lipinski definition) is 12. The van der Waals surface area contributed by atoms with Crippen molar-refractivity contribution < 1.29 is 57.7 Å². The molecule has 0 saturated heterocycles. The molecule has 0 aliphatic carbocycles. The van der Waals surface area contributed by atoms with E-state index in [2.05, 4.69) is 15.0 Å². The van der Waals surface area contributed by atoms with Gasteiger partial charge in [0.1, 0.15) is 0 Å². The van der Waals surface area contributed by atoms with Gasteiger partial charge in [-0.15, -0.1) is 0 Å². The standard InChI is InChI=1S/C3H6N6.Al.3H3O4P/c4-1-7-2(5)9-3(6)8-1;;3*1-5(2,3)4/h(H6,4,5,6,7,8,9);;3*(H3,1,2,3,4)/q;+3;;;/p-3. The van der Waals surface area contributed by atoms with Crippen LogP contribution in [0.2, 0.25) is 0 Å². The summed E-state index contributed by atoms with van der Waals surface area (Å²) in [4.78, 5) is 79.2. The fraction of sp³-hybridized carbons (Fsp3) is 0. The van der Waals surface area contributed by atoms with Gasteiger partial charge in [-0.2, -0.15) is 15.0 Å². The Morgan fingerprint density at radius 1 is 0.600 bits per heavy atom. The quantitative estimate of drug-likeness (QED) is 0.132. The van der Waals surface area contributed by atoms with E-state index in [4.69, 9.17) is 74.9 Å². The van der Waals surface area contributed by atoms with Crippen molar-refractivity contribution >= 4 is 58.7 Å². The van der Waals surface area contributed by atoms with E-state index in [0.29, 0.717) is 0 Å². The van der Waals surface area contributed by atoms with Crippen LogP contribution in [0.15, 0.2) is 0 Å². The molecule has 1 rings (SSSR count). The molecule has 0 amide bonds. The number of nitrogen functional groups attached to an aromatic ring is 3. The maximum atomic E-state index is 8.77. The van der Waals surface area contributed by atoms with E-state index in [9.17, 15) is 0 Å². The molecule has 18 nitrogen and oxygen atoms in total. The number of phosphoric acid groups is 3. The summed E-state index contributed by atoms with van der Waals surface area (Å²) in [6.07, 6.45) is 0. The van der Waals surface area contributed by atoms with E-state index < -0.39 is 23.5 Å². The molecule has 144 valence electrons. The van der Waals surface area contributed by atoms with Gasteiger partial charge < -0.3 is 61.2 Å². The Kier molecular flexibility index (Phi) is 17.2. The fourth-order valence-corrected chi connectivity index (χ4v) is 0.427. The van der Waals surface area contributed by atoms with Gasteiger partial charge in [0, 0.05) is 0 Å². The summed E-state index contributed by atoms with van der Waals surface area (Å²) in [6, 6.07) is 0. The van der Waals surface area contributed by atoms with E-state index in [1.807, 2.05) is 0 Å². The SMILES string of the molecule is Nc1nc(N)nc(N)n1.O=P([O-])(O)O.O=P([O-])(O)O.O=P([O-])(O)O.[Al+3]. The van der Waals surface area contributed by atoms with Crippen LogP contribution in [-0.2, 0) is 13.7 Å². The van der Waals surface area contributed by atoms with Crippen molar-refractivity contribution in [3.8, 4) is 0 Å². The molecule has 0 spiro atoms. The predicted molar refractivity (Wildman–Crippen MR) is 75.0 cm³/mol.